The van der Waals surface area contributed by atoms with Crippen molar-refractivity contribution in [3.63, 3.8) is 0 Å². The molecule has 3 rings (SSSR count). The second-order valence-electron chi connectivity index (χ2n) is 5.38. The summed E-state index contributed by atoms with van der Waals surface area (Å²) in [5.74, 6) is -0.0664. The smallest absolute Gasteiger partial charge is 0.132 e. The van der Waals surface area contributed by atoms with Gasteiger partial charge in [0.1, 0.15) is 17.5 Å². The molecule has 6 heteroatoms. The molecule has 0 spiro atoms. The van der Waals surface area contributed by atoms with Crippen LogP contribution in [0.1, 0.15) is 11.1 Å². The summed E-state index contributed by atoms with van der Waals surface area (Å²) >= 11 is 0. The van der Waals surface area contributed by atoms with Crippen molar-refractivity contribution in [2.24, 2.45) is 0 Å². The van der Waals surface area contributed by atoms with Gasteiger partial charge in [0, 0.05) is 47.5 Å². The molecule has 4 nitrogen and oxygen atoms in total. The van der Waals surface area contributed by atoms with Crippen LogP contribution in [0.4, 0.5) is 26.0 Å². The molecule has 126 valence electrons. The summed E-state index contributed by atoms with van der Waals surface area (Å²) in [7, 11) is 0. The number of aromatic nitrogens is 1. The van der Waals surface area contributed by atoms with E-state index in [9.17, 15) is 8.78 Å². The molecule has 1 aromatic heterocycles. The van der Waals surface area contributed by atoms with E-state index in [4.69, 9.17) is 5.41 Å². The van der Waals surface area contributed by atoms with Crippen molar-refractivity contribution in [2.45, 2.75) is 6.54 Å². The van der Waals surface area contributed by atoms with Crippen molar-refractivity contribution < 1.29 is 8.78 Å². The zero-order valence-corrected chi connectivity index (χ0v) is 13.3. The minimum Gasteiger partial charge on any atom is -0.380 e. The predicted octanol–water partition coefficient (Wildman–Crippen LogP) is 4.71. The molecule has 0 unspecified atom stereocenters. The largest absolute Gasteiger partial charge is 0.380 e. The van der Waals surface area contributed by atoms with Gasteiger partial charge in [-0.05, 0) is 30.3 Å². The maximum Gasteiger partial charge on any atom is 0.132 e. The highest BCUT2D eigenvalue weighted by Gasteiger charge is 2.06. The molecule has 1 heterocycles. The third-order valence-corrected chi connectivity index (χ3v) is 3.63. The van der Waals surface area contributed by atoms with Gasteiger partial charge in [-0.3, -0.25) is 0 Å². The molecule has 25 heavy (non-hydrogen) atoms. The Labute approximate surface area is 144 Å². The molecular formula is C19H16F2N4. The van der Waals surface area contributed by atoms with Gasteiger partial charge in [-0.1, -0.05) is 18.2 Å². The molecule has 0 saturated heterocycles. The van der Waals surface area contributed by atoms with E-state index >= 15 is 0 Å². The first kappa shape index (κ1) is 16.6. The van der Waals surface area contributed by atoms with Crippen LogP contribution in [0.15, 0.2) is 60.8 Å². The minimum atomic E-state index is -0.315. The highest BCUT2D eigenvalue weighted by Crippen LogP contribution is 2.22. The molecule has 0 radical (unpaired) electrons. The van der Waals surface area contributed by atoms with E-state index in [1.807, 2.05) is 0 Å². The molecule has 3 aromatic rings. The third kappa shape index (κ3) is 4.17. The van der Waals surface area contributed by atoms with Crippen LogP contribution in [-0.4, -0.2) is 11.2 Å². The standard InChI is InChI=1S/C19H16F2N4/c20-15-5-7-16(8-6-15)25-19-9-18(14(10-22)12-24-19)23-11-13-3-1-2-4-17(13)21/h1-10,12,22H,11H2,(H2,23,24,25). The second kappa shape index (κ2) is 7.53. The third-order valence-electron chi connectivity index (χ3n) is 3.63. The summed E-state index contributed by atoms with van der Waals surface area (Å²) in [5.41, 5.74) is 2.46. The SMILES string of the molecule is N=Cc1cnc(Nc2ccc(F)cc2)cc1NCc1ccccc1F. The summed E-state index contributed by atoms with van der Waals surface area (Å²) < 4.78 is 26.7. The van der Waals surface area contributed by atoms with Crippen molar-refractivity contribution in [1.29, 1.82) is 5.41 Å². The van der Waals surface area contributed by atoms with Gasteiger partial charge in [-0.25, -0.2) is 13.8 Å². The van der Waals surface area contributed by atoms with E-state index in [1.165, 1.54) is 24.4 Å². The van der Waals surface area contributed by atoms with Crippen molar-refractivity contribution >= 4 is 23.4 Å². The van der Waals surface area contributed by atoms with Crippen molar-refractivity contribution in [3.05, 3.63) is 83.6 Å². The van der Waals surface area contributed by atoms with Crippen LogP contribution < -0.4 is 10.6 Å². The van der Waals surface area contributed by atoms with E-state index in [2.05, 4.69) is 15.6 Å². The lowest BCUT2D eigenvalue weighted by Gasteiger charge is -2.12. The minimum absolute atomic E-state index is 0.285. The van der Waals surface area contributed by atoms with Crippen molar-refractivity contribution in [1.82, 2.24) is 4.98 Å². The van der Waals surface area contributed by atoms with Crippen LogP contribution >= 0.6 is 0 Å². The van der Waals surface area contributed by atoms with Crippen LogP contribution in [0, 0.1) is 17.0 Å². The Morgan fingerprint density at radius 3 is 2.52 bits per heavy atom. The van der Waals surface area contributed by atoms with E-state index in [-0.39, 0.29) is 18.2 Å². The number of hydrogen-bond acceptors (Lipinski definition) is 4. The molecular weight excluding hydrogens is 322 g/mol. The molecule has 3 N–H and O–H groups in total. The number of rotatable bonds is 6. The van der Waals surface area contributed by atoms with E-state index in [0.29, 0.717) is 28.3 Å². The first-order chi connectivity index (χ1) is 12.2. The molecule has 0 amide bonds. The fourth-order valence-corrected chi connectivity index (χ4v) is 2.32. The summed E-state index contributed by atoms with van der Waals surface area (Å²) in [5, 5.41) is 13.7. The fraction of sp³-hybridized carbons (Fsp3) is 0.0526. The lowest BCUT2D eigenvalue weighted by atomic mass is 10.2. The van der Waals surface area contributed by atoms with Gasteiger partial charge in [0.15, 0.2) is 0 Å². The number of halogens is 2. The molecule has 0 saturated carbocycles. The average molecular weight is 338 g/mol. The van der Waals surface area contributed by atoms with Gasteiger partial charge in [-0.2, -0.15) is 0 Å². The van der Waals surface area contributed by atoms with Crippen molar-refractivity contribution in [2.75, 3.05) is 10.6 Å². The maximum atomic E-state index is 13.7. The van der Waals surface area contributed by atoms with Crippen LogP contribution in [0.2, 0.25) is 0 Å². The maximum absolute atomic E-state index is 13.7. The first-order valence-electron chi connectivity index (χ1n) is 7.66. The number of anilines is 3. The van der Waals surface area contributed by atoms with Crippen LogP contribution in [0.5, 0.6) is 0 Å². The molecule has 0 atom stereocenters. The highest BCUT2D eigenvalue weighted by atomic mass is 19.1. The van der Waals surface area contributed by atoms with Crippen LogP contribution in [0.25, 0.3) is 0 Å². The summed E-state index contributed by atoms with van der Waals surface area (Å²) in [6.45, 7) is 0.285. The lowest BCUT2D eigenvalue weighted by Crippen LogP contribution is -2.05. The van der Waals surface area contributed by atoms with Crippen LogP contribution in [-0.2, 0) is 6.54 Å². The molecule has 0 fully saturated rings. The Kier molecular flexibility index (Phi) is 4.99. The topological polar surface area (TPSA) is 60.8 Å². The Morgan fingerprint density at radius 1 is 1.04 bits per heavy atom. The van der Waals surface area contributed by atoms with Gasteiger partial charge in [-0.15, -0.1) is 0 Å². The van der Waals surface area contributed by atoms with E-state index < -0.39 is 0 Å². The summed E-state index contributed by atoms with van der Waals surface area (Å²) in [6.07, 6.45) is 2.72. The number of hydrogen-bond donors (Lipinski definition) is 3. The lowest BCUT2D eigenvalue weighted by molar-refractivity contribution is 0.613. The van der Waals surface area contributed by atoms with Crippen molar-refractivity contribution in [3.8, 4) is 0 Å². The van der Waals surface area contributed by atoms with Gasteiger partial charge < -0.3 is 16.0 Å². The van der Waals surface area contributed by atoms with Gasteiger partial charge in [0.25, 0.3) is 0 Å². The molecule has 2 aromatic carbocycles. The zero-order chi connectivity index (χ0) is 17.6. The number of nitrogens with zero attached hydrogens (tertiary/aromatic N) is 1. The Hall–Kier alpha value is -3.28. The molecule has 0 bridgehead atoms. The van der Waals surface area contributed by atoms with Gasteiger partial charge in [0.05, 0.1) is 0 Å². The summed E-state index contributed by atoms with van der Waals surface area (Å²) in [6, 6.07) is 14.2. The number of benzene rings is 2. The van der Waals surface area contributed by atoms with Gasteiger partial charge >= 0.3 is 0 Å². The second-order valence-corrected chi connectivity index (χ2v) is 5.38. The quantitative estimate of drug-likeness (QED) is 0.570. The fourth-order valence-electron chi connectivity index (χ4n) is 2.32. The monoisotopic (exact) mass is 338 g/mol. The Bertz CT molecular complexity index is 879. The zero-order valence-electron chi connectivity index (χ0n) is 13.3. The average Bonchev–Trinajstić information content (AvgIpc) is 2.63. The van der Waals surface area contributed by atoms with E-state index in [0.717, 1.165) is 0 Å². The number of pyridine rings is 1. The Balaban J connectivity index is 1.79. The molecule has 0 aliphatic carbocycles. The van der Waals surface area contributed by atoms with Crippen LogP contribution in [0.3, 0.4) is 0 Å². The first-order valence-corrected chi connectivity index (χ1v) is 7.66. The normalized spacial score (nSPS) is 10.3. The summed E-state index contributed by atoms with van der Waals surface area (Å²) in [4.78, 5) is 4.23. The van der Waals surface area contributed by atoms with E-state index in [1.54, 1.807) is 42.6 Å². The number of nitrogens with one attached hydrogen (secondary N) is 3. The highest BCUT2D eigenvalue weighted by molar-refractivity contribution is 5.86. The molecule has 0 aliphatic heterocycles. The Morgan fingerprint density at radius 2 is 1.80 bits per heavy atom. The molecule has 0 aliphatic rings. The predicted molar refractivity (Wildman–Crippen MR) is 95.5 cm³/mol. The van der Waals surface area contributed by atoms with Gasteiger partial charge in [0.2, 0.25) is 0 Å².